The molecule has 1 fully saturated rings. The van der Waals surface area contributed by atoms with Gasteiger partial charge >= 0.3 is 13.7 Å². The fraction of sp³-hybridized carbons (Fsp3) is 0.500. The highest BCUT2D eigenvalue weighted by Crippen LogP contribution is 2.46. The number of aliphatic hydroxyl groups excluding tert-OH is 1. The monoisotopic (exact) mass is 563 g/mol. The predicted octanol–water partition coefficient (Wildman–Crippen LogP) is 2.48. The average Bonchev–Trinajstić information content (AvgIpc) is 3.42. The van der Waals surface area contributed by atoms with Crippen molar-refractivity contribution in [3.8, 4) is 5.75 Å². The Hall–Kier alpha value is -3.29. The number of imidazole rings is 1. The summed E-state index contributed by atoms with van der Waals surface area (Å²) in [6.45, 7) is 6.40. The number of para-hydroxylation sites is 1. The van der Waals surface area contributed by atoms with Gasteiger partial charge in [-0.1, -0.05) is 25.1 Å². The van der Waals surface area contributed by atoms with E-state index >= 15 is 0 Å². The van der Waals surface area contributed by atoms with E-state index in [1.54, 1.807) is 62.7 Å². The van der Waals surface area contributed by atoms with Gasteiger partial charge < -0.3 is 30.2 Å². The van der Waals surface area contributed by atoms with Crippen LogP contribution in [-0.4, -0.2) is 68.6 Å². The van der Waals surface area contributed by atoms with Gasteiger partial charge in [-0.05, 0) is 32.9 Å². The first-order valence-electron chi connectivity index (χ1n) is 12.5. The van der Waals surface area contributed by atoms with E-state index in [1.165, 1.54) is 13.3 Å². The number of fused-ring (bicyclic) bond motifs is 1. The molecule has 3 heterocycles. The van der Waals surface area contributed by atoms with Crippen LogP contribution in [0.4, 0.5) is 11.8 Å². The van der Waals surface area contributed by atoms with Crippen LogP contribution in [0.15, 0.2) is 36.7 Å². The molecule has 1 aliphatic rings. The van der Waals surface area contributed by atoms with Crippen LogP contribution < -0.4 is 20.7 Å². The van der Waals surface area contributed by atoms with Crippen molar-refractivity contribution in [2.24, 2.45) is 5.92 Å². The number of esters is 1. The van der Waals surface area contributed by atoms with Gasteiger partial charge in [0, 0.05) is 13.0 Å². The van der Waals surface area contributed by atoms with E-state index in [-0.39, 0.29) is 24.4 Å². The topological polar surface area (TPSA) is 185 Å². The van der Waals surface area contributed by atoms with Gasteiger partial charge in [0.2, 0.25) is 5.95 Å². The first kappa shape index (κ1) is 28.7. The Balaban J connectivity index is 1.52. The molecule has 0 radical (unpaired) electrons. The third-order valence-electron chi connectivity index (χ3n) is 6.07. The molecular formula is C24H34N7O7P. The first-order chi connectivity index (χ1) is 18.5. The van der Waals surface area contributed by atoms with Gasteiger partial charge in [-0.15, -0.1) is 0 Å². The number of carbonyl (C=O) groups excluding carboxylic acids is 1. The molecule has 3 aromatic rings. The molecule has 0 spiro atoms. The smallest absolute Gasteiger partial charge is 0.459 e. The molecule has 2 unspecified atom stereocenters. The minimum Gasteiger partial charge on any atom is -0.462 e. The summed E-state index contributed by atoms with van der Waals surface area (Å²) in [5.74, 6) is -0.273. The number of nitrogens with two attached hydrogens (primary N) is 1. The Morgan fingerprint density at radius 3 is 2.64 bits per heavy atom. The lowest BCUT2D eigenvalue weighted by Crippen LogP contribution is -2.37. The van der Waals surface area contributed by atoms with E-state index in [9.17, 15) is 14.5 Å². The van der Waals surface area contributed by atoms with Crippen LogP contribution in [-0.2, 0) is 23.4 Å². The molecule has 4 rings (SSSR count). The number of benzene rings is 1. The molecule has 2 aromatic heterocycles. The van der Waals surface area contributed by atoms with Gasteiger partial charge in [-0.2, -0.15) is 15.1 Å². The van der Waals surface area contributed by atoms with Gasteiger partial charge in [0.1, 0.15) is 24.1 Å². The molecule has 0 amide bonds. The molecule has 15 heteroatoms. The van der Waals surface area contributed by atoms with Crippen molar-refractivity contribution in [2.45, 2.75) is 58.3 Å². The van der Waals surface area contributed by atoms with Crippen molar-refractivity contribution in [1.82, 2.24) is 24.6 Å². The number of hydrogen-bond acceptors (Lipinski definition) is 12. The van der Waals surface area contributed by atoms with E-state index in [4.69, 9.17) is 24.3 Å². The van der Waals surface area contributed by atoms with Crippen molar-refractivity contribution in [3.63, 3.8) is 0 Å². The van der Waals surface area contributed by atoms with Crippen molar-refractivity contribution in [1.29, 1.82) is 0 Å². The zero-order chi connectivity index (χ0) is 28.3. The number of nitrogen functional groups attached to an aromatic ring is 1. The third kappa shape index (κ3) is 6.48. The van der Waals surface area contributed by atoms with Crippen molar-refractivity contribution in [2.75, 3.05) is 24.7 Å². The standard InChI is InChI=1S/C24H34N7O7P/c1-13(2)36-23(33)15(4)30-39(34,38-16-9-7-6-8-10-16)35-11-17-19(32)14(3)22(37-17)31-12-27-18-20(26-5)28-24(25)29-21(18)31/h6-10,12-15,17,19,22,32H,11H2,1-5H3,(H,30,34)(H3,25,26,28,29)/t14-,15+,17?,19-,22+,39?/m0/s1. The number of rotatable bonds is 11. The van der Waals surface area contributed by atoms with Crippen LogP contribution in [0, 0.1) is 5.92 Å². The van der Waals surface area contributed by atoms with Crippen molar-refractivity contribution < 1.29 is 33.0 Å². The number of hydrogen-bond donors (Lipinski definition) is 4. The molecule has 1 aliphatic heterocycles. The second-order valence-corrected chi connectivity index (χ2v) is 11.1. The van der Waals surface area contributed by atoms with E-state index in [0.29, 0.717) is 17.0 Å². The van der Waals surface area contributed by atoms with Gasteiger partial charge in [0.15, 0.2) is 17.0 Å². The highest BCUT2D eigenvalue weighted by molar-refractivity contribution is 7.52. The predicted molar refractivity (Wildman–Crippen MR) is 143 cm³/mol. The fourth-order valence-corrected chi connectivity index (χ4v) is 5.65. The maximum absolute atomic E-state index is 13.8. The van der Waals surface area contributed by atoms with Gasteiger partial charge in [0.05, 0.1) is 25.1 Å². The van der Waals surface area contributed by atoms with Crippen LogP contribution in [0.25, 0.3) is 11.2 Å². The molecule has 0 saturated carbocycles. The summed E-state index contributed by atoms with van der Waals surface area (Å²) in [5.41, 5.74) is 6.78. The summed E-state index contributed by atoms with van der Waals surface area (Å²) < 4.78 is 38.1. The summed E-state index contributed by atoms with van der Waals surface area (Å²) in [6, 6.07) is 7.38. The zero-order valence-electron chi connectivity index (χ0n) is 22.3. The minimum atomic E-state index is -4.14. The second kappa shape index (κ2) is 11.8. The summed E-state index contributed by atoms with van der Waals surface area (Å²) in [4.78, 5) is 25.2. The molecule has 0 bridgehead atoms. The molecule has 1 saturated heterocycles. The summed E-state index contributed by atoms with van der Waals surface area (Å²) >= 11 is 0. The maximum atomic E-state index is 13.8. The Labute approximate surface area is 225 Å². The van der Waals surface area contributed by atoms with Crippen molar-refractivity contribution in [3.05, 3.63) is 36.7 Å². The molecular weight excluding hydrogens is 529 g/mol. The van der Waals surface area contributed by atoms with Gasteiger partial charge in [-0.25, -0.2) is 9.55 Å². The van der Waals surface area contributed by atoms with Crippen LogP contribution >= 0.6 is 7.75 Å². The lowest BCUT2D eigenvalue weighted by Gasteiger charge is -2.25. The lowest BCUT2D eigenvalue weighted by atomic mass is 10.0. The Morgan fingerprint density at radius 2 is 1.97 bits per heavy atom. The molecule has 0 aliphatic carbocycles. The van der Waals surface area contributed by atoms with E-state index < -0.39 is 44.1 Å². The number of aliphatic hydroxyl groups is 1. The van der Waals surface area contributed by atoms with Crippen LogP contribution in [0.1, 0.15) is 33.9 Å². The summed E-state index contributed by atoms with van der Waals surface area (Å²) in [6.07, 6.45) is -1.40. The molecule has 212 valence electrons. The number of nitrogens with zero attached hydrogens (tertiary/aromatic N) is 4. The number of anilines is 2. The highest BCUT2D eigenvalue weighted by Gasteiger charge is 2.44. The molecule has 6 atom stereocenters. The summed E-state index contributed by atoms with van der Waals surface area (Å²) in [5, 5.41) is 16.5. The zero-order valence-corrected chi connectivity index (χ0v) is 23.2. The van der Waals surface area contributed by atoms with Gasteiger partial charge in [-0.3, -0.25) is 13.9 Å². The first-order valence-corrected chi connectivity index (χ1v) is 14.0. The number of aromatic nitrogens is 4. The average molecular weight is 564 g/mol. The third-order valence-corrected chi connectivity index (χ3v) is 7.71. The molecule has 1 aromatic carbocycles. The van der Waals surface area contributed by atoms with E-state index in [1.807, 2.05) is 0 Å². The van der Waals surface area contributed by atoms with Crippen molar-refractivity contribution >= 4 is 36.6 Å². The highest BCUT2D eigenvalue weighted by atomic mass is 31.2. The fourth-order valence-electron chi connectivity index (χ4n) is 4.15. The lowest BCUT2D eigenvalue weighted by molar-refractivity contribution is -0.149. The van der Waals surface area contributed by atoms with Gasteiger partial charge in [0.25, 0.3) is 0 Å². The molecule has 14 nitrogen and oxygen atoms in total. The molecule has 5 N–H and O–H groups in total. The Bertz CT molecular complexity index is 1340. The van der Waals surface area contributed by atoms with Crippen LogP contribution in [0.2, 0.25) is 0 Å². The quantitative estimate of drug-likeness (QED) is 0.197. The summed E-state index contributed by atoms with van der Waals surface area (Å²) in [7, 11) is -2.44. The number of ether oxygens (including phenoxy) is 2. The maximum Gasteiger partial charge on any atom is 0.459 e. The van der Waals surface area contributed by atoms with Crippen LogP contribution in [0.3, 0.4) is 0 Å². The Morgan fingerprint density at radius 1 is 1.26 bits per heavy atom. The minimum absolute atomic E-state index is 0.0508. The SMILES string of the molecule is CNc1nc(N)nc2c1ncn2[C@@H]1OC(COP(=O)(N[C@H](C)C(=O)OC(C)C)Oc2ccccc2)[C@@H](O)[C@@H]1C. The van der Waals surface area contributed by atoms with E-state index in [0.717, 1.165) is 0 Å². The van der Waals surface area contributed by atoms with Crippen LogP contribution in [0.5, 0.6) is 5.75 Å². The molecule has 39 heavy (non-hydrogen) atoms. The normalized spacial score (nSPS) is 23.5. The Kier molecular flexibility index (Phi) is 8.72. The largest absolute Gasteiger partial charge is 0.462 e. The number of nitrogens with one attached hydrogen (secondary N) is 2. The number of carbonyl (C=O) groups is 1. The van der Waals surface area contributed by atoms with E-state index in [2.05, 4.69) is 25.4 Å². The second-order valence-electron chi connectivity index (χ2n) is 9.45.